The van der Waals surface area contributed by atoms with Crippen LogP contribution in [0.5, 0.6) is 5.75 Å². The van der Waals surface area contributed by atoms with E-state index in [9.17, 15) is 5.11 Å². The lowest BCUT2D eigenvalue weighted by atomic mass is 10.1. The van der Waals surface area contributed by atoms with Gasteiger partial charge in [-0.25, -0.2) is 0 Å². The Hall–Kier alpha value is -1.84. The summed E-state index contributed by atoms with van der Waals surface area (Å²) in [6.45, 7) is 7.46. The summed E-state index contributed by atoms with van der Waals surface area (Å²) in [7, 11) is 0. The van der Waals surface area contributed by atoms with Gasteiger partial charge in [-0.15, -0.1) is 0 Å². The minimum atomic E-state index is -0.263. The predicted octanol–water partition coefficient (Wildman–Crippen LogP) is 3.43. The first kappa shape index (κ1) is 16.5. The van der Waals surface area contributed by atoms with Crippen LogP contribution in [-0.4, -0.2) is 17.3 Å². The normalized spacial score (nSPS) is 11.5. The van der Waals surface area contributed by atoms with Crippen LogP contribution in [0.25, 0.3) is 0 Å². The Labute approximate surface area is 133 Å². The van der Waals surface area contributed by atoms with Crippen molar-refractivity contribution in [2.75, 3.05) is 6.61 Å². The van der Waals surface area contributed by atoms with Crippen LogP contribution in [-0.2, 0) is 13.2 Å². The first-order chi connectivity index (χ1) is 10.5. The van der Waals surface area contributed by atoms with Gasteiger partial charge >= 0.3 is 0 Å². The van der Waals surface area contributed by atoms with Crippen molar-refractivity contribution in [3.8, 4) is 5.75 Å². The first-order valence-electron chi connectivity index (χ1n) is 7.62. The van der Waals surface area contributed by atoms with Crippen molar-refractivity contribution in [2.45, 2.75) is 39.5 Å². The molecule has 0 aliphatic carbocycles. The summed E-state index contributed by atoms with van der Waals surface area (Å²) in [6, 6.07) is 16.4. The van der Waals surface area contributed by atoms with Gasteiger partial charge in [0.1, 0.15) is 12.4 Å². The molecule has 3 heteroatoms. The van der Waals surface area contributed by atoms with Crippen LogP contribution in [0.1, 0.15) is 30.5 Å². The smallest absolute Gasteiger partial charge is 0.119 e. The molecule has 2 N–H and O–H groups in total. The maximum absolute atomic E-state index is 9.23. The molecule has 2 rings (SSSR count). The van der Waals surface area contributed by atoms with Crippen molar-refractivity contribution in [3.63, 3.8) is 0 Å². The highest BCUT2D eigenvalue weighted by molar-refractivity contribution is 5.28. The van der Waals surface area contributed by atoms with Gasteiger partial charge in [0, 0.05) is 12.1 Å². The maximum atomic E-state index is 9.23. The zero-order valence-electron chi connectivity index (χ0n) is 13.6. The average molecular weight is 299 g/mol. The van der Waals surface area contributed by atoms with Crippen molar-refractivity contribution in [1.29, 1.82) is 0 Å². The number of ether oxygens (including phenoxy) is 1. The minimum Gasteiger partial charge on any atom is -0.489 e. The molecule has 0 saturated heterocycles. The lowest BCUT2D eigenvalue weighted by Gasteiger charge is -2.23. The van der Waals surface area contributed by atoms with Gasteiger partial charge in [-0.2, -0.15) is 0 Å². The Morgan fingerprint density at radius 3 is 2.14 bits per heavy atom. The molecule has 0 aliphatic rings. The first-order valence-corrected chi connectivity index (χ1v) is 7.62. The molecule has 0 aromatic heterocycles. The van der Waals surface area contributed by atoms with Gasteiger partial charge < -0.3 is 15.2 Å². The lowest BCUT2D eigenvalue weighted by Crippen LogP contribution is -2.42. The van der Waals surface area contributed by atoms with Crippen LogP contribution in [0, 0.1) is 6.92 Å². The summed E-state index contributed by atoms with van der Waals surface area (Å²) in [4.78, 5) is 0. The third kappa shape index (κ3) is 5.17. The number of hydrogen-bond acceptors (Lipinski definition) is 3. The van der Waals surface area contributed by atoms with E-state index in [-0.39, 0.29) is 12.1 Å². The van der Waals surface area contributed by atoms with Crippen LogP contribution in [0.15, 0.2) is 48.5 Å². The molecule has 0 saturated carbocycles. The van der Waals surface area contributed by atoms with Crippen molar-refractivity contribution < 1.29 is 9.84 Å². The number of aliphatic hydroxyl groups excluding tert-OH is 1. The number of aryl methyl sites for hydroxylation is 1. The summed E-state index contributed by atoms with van der Waals surface area (Å²) in [5, 5.41) is 12.5. The van der Waals surface area contributed by atoms with Crippen LogP contribution >= 0.6 is 0 Å². The average Bonchev–Trinajstić information content (AvgIpc) is 2.53. The number of aliphatic hydroxyl groups is 1. The third-order valence-corrected chi connectivity index (χ3v) is 3.62. The standard InChI is InChI=1S/C19H25NO2/c1-15-4-6-17(7-5-15)13-22-18-10-8-16(9-11-18)12-20-19(2,3)14-21/h4-11,20-21H,12-14H2,1-3H3. The molecular formula is C19H25NO2. The topological polar surface area (TPSA) is 41.5 Å². The molecule has 0 aliphatic heterocycles. The highest BCUT2D eigenvalue weighted by Crippen LogP contribution is 2.15. The second-order valence-corrected chi connectivity index (χ2v) is 6.31. The van der Waals surface area contributed by atoms with Gasteiger partial charge in [-0.1, -0.05) is 42.0 Å². The van der Waals surface area contributed by atoms with E-state index in [0.29, 0.717) is 6.61 Å². The van der Waals surface area contributed by atoms with E-state index in [4.69, 9.17) is 4.74 Å². The van der Waals surface area contributed by atoms with E-state index in [1.54, 1.807) is 0 Å². The molecule has 0 bridgehead atoms. The Morgan fingerprint density at radius 1 is 0.955 bits per heavy atom. The molecule has 0 heterocycles. The molecule has 0 fully saturated rings. The third-order valence-electron chi connectivity index (χ3n) is 3.62. The number of benzene rings is 2. The molecule has 118 valence electrons. The predicted molar refractivity (Wildman–Crippen MR) is 90.0 cm³/mol. The fraction of sp³-hybridized carbons (Fsp3) is 0.368. The van der Waals surface area contributed by atoms with Gasteiger partial charge in [0.15, 0.2) is 0 Å². The minimum absolute atomic E-state index is 0.116. The van der Waals surface area contributed by atoms with E-state index in [1.165, 1.54) is 16.7 Å². The highest BCUT2D eigenvalue weighted by Gasteiger charge is 2.14. The molecule has 2 aromatic carbocycles. The van der Waals surface area contributed by atoms with E-state index in [1.807, 2.05) is 38.1 Å². The Balaban J connectivity index is 1.85. The highest BCUT2D eigenvalue weighted by atomic mass is 16.5. The summed E-state index contributed by atoms with van der Waals surface area (Å²) >= 11 is 0. The van der Waals surface area contributed by atoms with Gasteiger partial charge in [0.2, 0.25) is 0 Å². The van der Waals surface area contributed by atoms with Crippen LogP contribution in [0.2, 0.25) is 0 Å². The second-order valence-electron chi connectivity index (χ2n) is 6.31. The fourth-order valence-corrected chi connectivity index (χ4v) is 1.95. The number of hydrogen-bond donors (Lipinski definition) is 2. The van der Waals surface area contributed by atoms with Crippen molar-refractivity contribution in [1.82, 2.24) is 5.32 Å². The van der Waals surface area contributed by atoms with Crippen molar-refractivity contribution in [3.05, 3.63) is 65.2 Å². The molecule has 0 radical (unpaired) electrons. The van der Waals surface area contributed by atoms with Gasteiger partial charge in [0.05, 0.1) is 6.61 Å². The number of nitrogens with one attached hydrogen (secondary N) is 1. The van der Waals surface area contributed by atoms with E-state index in [2.05, 4.69) is 36.5 Å². The fourth-order valence-electron chi connectivity index (χ4n) is 1.95. The number of rotatable bonds is 7. The molecule has 22 heavy (non-hydrogen) atoms. The largest absolute Gasteiger partial charge is 0.489 e. The summed E-state index contributed by atoms with van der Waals surface area (Å²) in [5.41, 5.74) is 3.33. The Bertz CT molecular complexity index is 573. The van der Waals surface area contributed by atoms with Crippen molar-refractivity contribution in [2.24, 2.45) is 0 Å². The van der Waals surface area contributed by atoms with E-state index in [0.717, 1.165) is 12.3 Å². The van der Waals surface area contributed by atoms with Crippen LogP contribution in [0.4, 0.5) is 0 Å². The monoisotopic (exact) mass is 299 g/mol. The quantitative estimate of drug-likeness (QED) is 0.823. The summed E-state index contributed by atoms with van der Waals surface area (Å²) in [5.74, 6) is 0.866. The van der Waals surface area contributed by atoms with Gasteiger partial charge in [0.25, 0.3) is 0 Å². The van der Waals surface area contributed by atoms with Crippen LogP contribution in [0.3, 0.4) is 0 Å². The molecule has 3 nitrogen and oxygen atoms in total. The van der Waals surface area contributed by atoms with Crippen molar-refractivity contribution >= 4 is 0 Å². The SMILES string of the molecule is Cc1ccc(COc2ccc(CNC(C)(C)CO)cc2)cc1. The Kier molecular flexibility index (Phi) is 5.58. The molecule has 0 atom stereocenters. The lowest BCUT2D eigenvalue weighted by molar-refractivity contribution is 0.187. The summed E-state index contributed by atoms with van der Waals surface area (Å²) in [6.07, 6.45) is 0. The molecule has 0 spiro atoms. The van der Waals surface area contributed by atoms with Gasteiger partial charge in [-0.05, 0) is 44.0 Å². The molecular weight excluding hydrogens is 274 g/mol. The maximum Gasteiger partial charge on any atom is 0.119 e. The molecule has 0 unspecified atom stereocenters. The Morgan fingerprint density at radius 2 is 1.55 bits per heavy atom. The summed E-state index contributed by atoms with van der Waals surface area (Å²) < 4.78 is 5.79. The molecule has 0 amide bonds. The second kappa shape index (κ2) is 7.43. The molecule has 2 aromatic rings. The van der Waals surface area contributed by atoms with E-state index >= 15 is 0 Å². The van der Waals surface area contributed by atoms with E-state index < -0.39 is 0 Å². The zero-order valence-corrected chi connectivity index (χ0v) is 13.6. The van der Waals surface area contributed by atoms with Gasteiger partial charge in [-0.3, -0.25) is 0 Å². The zero-order chi connectivity index (χ0) is 16.0. The van der Waals surface area contributed by atoms with Crippen LogP contribution < -0.4 is 10.1 Å².